The van der Waals surface area contributed by atoms with Crippen molar-refractivity contribution in [1.82, 2.24) is 0 Å². The summed E-state index contributed by atoms with van der Waals surface area (Å²) in [7, 11) is 4.66. The van der Waals surface area contributed by atoms with Crippen molar-refractivity contribution in [3.05, 3.63) is 29.0 Å². The molecule has 4 rings (SSSR count). The molecule has 1 aromatic carbocycles. The highest BCUT2D eigenvalue weighted by Crippen LogP contribution is 2.52. The maximum absolute atomic E-state index is 13.6. The predicted octanol–water partition coefficient (Wildman–Crippen LogP) is 5.02. The second kappa shape index (κ2) is 9.43. The zero-order chi connectivity index (χ0) is 24.6. The molecule has 1 aliphatic heterocycles. The molecule has 2 fully saturated rings. The highest BCUT2D eigenvalue weighted by Gasteiger charge is 2.49. The molecule has 0 aromatic heterocycles. The lowest BCUT2D eigenvalue weighted by atomic mass is 9.63. The quantitative estimate of drug-likeness (QED) is 0.544. The van der Waals surface area contributed by atoms with Gasteiger partial charge in [0.15, 0.2) is 11.5 Å². The Morgan fingerprint density at radius 3 is 2.26 bits per heavy atom. The van der Waals surface area contributed by atoms with Crippen molar-refractivity contribution in [3.8, 4) is 17.2 Å². The van der Waals surface area contributed by atoms with Gasteiger partial charge in [-0.3, -0.25) is 9.79 Å². The van der Waals surface area contributed by atoms with Crippen molar-refractivity contribution in [2.24, 2.45) is 16.3 Å². The van der Waals surface area contributed by atoms with E-state index < -0.39 is 17.8 Å². The Morgan fingerprint density at radius 1 is 0.971 bits per heavy atom. The van der Waals surface area contributed by atoms with Crippen molar-refractivity contribution >= 4 is 17.5 Å². The SMILES string of the molecule is COc1ccc(C2C(C(=O)OC3CCCC3)=C(C)N=C3CC(C)(C)CC(=O)C32)c(OC)c1OC. The second-order valence-corrected chi connectivity index (χ2v) is 10.3. The molecular formula is C27H35NO6. The number of fused-ring (bicyclic) bond motifs is 1. The topological polar surface area (TPSA) is 83.4 Å². The Hall–Kier alpha value is -2.83. The fourth-order valence-electron chi connectivity index (χ4n) is 5.79. The van der Waals surface area contributed by atoms with Crippen LogP contribution in [0.1, 0.15) is 70.8 Å². The smallest absolute Gasteiger partial charge is 0.336 e. The summed E-state index contributed by atoms with van der Waals surface area (Å²) in [6.07, 6.45) is 4.88. The number of rotatable bonds is 6. The molecule has 0 saturated heterocycles. The van der Waals surface area contributed by atoms with Crippen LogP contribution in [0.2, 0.25) is 0 Å². The normalized spacial score (nSPS) is 24.4. The first kappa shape index (κ1) is 24.3. The van der Waals surface area contributed by atoms with Gasteiger partial charge >= 0.3 is 5.97 Å². The van der Waals surface area contributed by atoms with E-state index in [-0.39, 0.29) is 17.3 Å². The number of carbonyl (C=O) groups excluding carboxylic acids is 2. The van der Waals surface area contributed by atoms with Crippen LogP contribution in [0.4, 0.5) is 0 Å². The summed E-state index contributed by atoms with van der Waals surface area (Å²) in [4.78, 5) is 32.0. The summed E-state index contributed by atoms with van der Waals surface area (Å²) >= 11 is 0. The largest absolute Gasteiger partial charge is 0.493 e. The van der Waals surface area contributed by atoms with Crippen LogP contribution in [0.25, 0.3) is 0 Å². The van der Waals surface area contributed by atoms with Crippen LogP contribution >= 0.6 is 0 Å². The minimum atomic E-state index is -0.570. The molecule has 1 heterocycles. The first-order chi connectivity index (χ1) is 16.2. The van der Waals surface area contributed by atoms with Crippen molar-refractivity contribution in [2.45, 2.75) is 71.3 Å². The van der Waals surface area contributed by atoms with Gasteiger partial charge in [-0.1, -0.05) is 19.9 Å². The van der Waals surface area contributed by atoms with Gasteiger partial charge in [0.25, 0.3) is 0 Å². The molecule has 2 aliphatic carbocycles. The van der Waals surface area contributed by atoms with Crippen molar-refractivity contribution in [2.75, 3.05) is 21.3 Å². The fraction of sp³-hybridized carbons (Fsp3) is 0.593. The van der Waals surface area contributed by atoms with Crippen LogP contribution < -0.4 is 14.2 Å². The Morgan fingerprint density at radius 2 is 1.65 bits per heavy atom. The van der Waals surface area contributed by atoms with E-state index in [4.69, 9.17) is 23.9 Å². The van der Waals surface area contributed by atoms with Gasteiger partial charge in [-0.15, -0.1) is 0 Å². The van der Waals surface area contributed by atoms with Crippen molar-refractivity contribution in [3.63, 3.8) is 0 Å². The molecule has 184 valence electrons. The molecule has 7 heteroatoms. The van der Waals surface area contributed by atoms with Crippen LogP contribution in [0.5, 0.6) is 17.2 Å². The molecule has 0 spiro atoms. The van der Waals surface area contributed by atoms with Gasteiger partial charge < -0.3 is 18.9 Å². The first-order valence-electron chi connectivity index (χ1n) is 12.0. The lowest BCUT2D eigenvalue weighted by Crippen LogP contribution is -2.44. The van der Waals surface area contributed by atoms with Crippen molar-refractivity contribution in [1.29, 1.82) is 0 Å². The monoisotopic (exact) mass is 469 g/mol. The van der Waals surface area contributed by atoms with E-state index in [9.17, 15) is 9.59 Å². The third-order valence-electron chi connectivity index (χ3n) is 7.23. The highest BCUT2D eigenvalue weighted by atomic mass is 16.5. The number of carbonyl (C=O) groups is 2. The maximum Gasteiger partial charge on any atom is 0.336 e. The van der Waals surface area contributed by atoms with Gasteiger partial charge in [-0.25, -0.2) is 4.79 Å². The van der Waals surface area contributed by atoms with Gasteiger partial charge in [0.1, 0.15) is 11.9 Å². The highest BCUT2D eigenvalue weighted by molar-refractivity contribution is 6.12. The molecule has 0 bridgehead atoms. The average molecular weight is 470 g/mol. The summed E-state index contributed by atoms with van der Waals surface area (Å²) < 4.78 is 22.8. The number of Topliss-reactive ketones (excluding diaryl/α,β-unsaturated/α-hetero) is 1. The molecule has 7 nitrogen and oxygen atoms in total. The third-order valence-corrected chi connectivity index (χ3v) is 7.23. The lowest BCUT2D eigenvalue weighted by Gasteiger charge is -2.41. The number of benzene rings is 1. The number of hydrogen-bond acceptors (Lipinski definition) is 7. The van der Waals surface area contributed by atoms with Crippen molar-refractivity contribution < 1.29 is 28.5 Å². The molecular weight excluding hydrogens is 434 g/mol. The summed E-state index contributed by atoms with van der Waals surface area (Å²) in [6, 6.07) is 3.64. The Balaban J connectivity index is 1.89. The van der Waals surface area contributed by atoms with E-state index in [0.717, 1.165) is 31.4 Å². The third kappa shape index (κ3) is 4.32. The van der Waals surface area contributed by atoms with E-state index in [2.05, 4.69) is 13.8 Å². The maximum atomic E-state index is 13.6. The van der Waals surface area contributed by atoms with Gasteiger partial charge in [-0.2, -0.15) is 0 Å². The number of nitrogens with zero attached hydrogens (tertiary/aromatic N) is 1. The standard InChI is InChI=1S/C27H35NO6/c1-15-21(26(30)34-16-9-7-8-10-16)22(23-18(28-15)13-27(2,3)14-19(23)29)17-11-12-20(31-4)25(33-6)24(17)32-5/h11-12,16,22-23H,7-10,13-14H2,1-6H3. The number of aliphatic imine (C=N–C) groups is 1. The van der Waals surface area contributed by atoms with Crippen LogP contribution in [0, 0.1) is 11.3 Å². The number of ether oxygens (including phenoxy) is 4. The molecule has 34 heavy (non-hydrogen) atoms. The first-order valence-corrected chi connectivity index (χ1v) is 12.0. The lowest BCUT2D eigenvalue weighted by molar-refractivity contribution is -0.144. The molecule has 0 N–H and O–H groups in total. The fourth-order valence-corrected chi connectivity index (χ4v) is 5.79. The van der Waals surface area contributed by atoms with E-state index in [1.165, 1.54) is 0 Å². The average Bonchev–Trinajstić information content (AvgIpc) is 3.28. The van der Waals surface area contributed by atoms with E-state index >= 15 is 0 Å². The van der Waals surface area contributed by atoms with Crippen LogP contribution in [-0.2, 0) is 14.3 Å². The zero-order valence-electron chi connectivity index (χ0n) is 21.0. The number of methoxy groups -OCH3 is 3. The summed E-state index contributed by atoms with van der Waals surface area (Å²) in [5, 5.41) is 0. The number of hydrogen-bond donors (Lipinski definition) is 0. The second-order valence-electron chi connectivity index (χ2n) is 10.3. The predicted molar refractivity (Wildman–Crippen MR) is 129 cm³/mol. The Kier molecular flexibility index (Phi) is 6.74. The summed E-state index contributed by atoms with van der Waals surface area (Å²) in [5.74, 6) is -0.0440. The summed E-state index contributed by atoms with van der Waals surface area (Å²) in [6.45, 7) is 6.00. The molecule has 1 aromatic rings. The molecule has 0 amide bonds. The summed E-state index contributed by atoms with van der Waals surface area (Å²) in [5.41, 5.74) is 2.36. The Bertz CT molecular complexity index is 1050. The molecule has 2 saturated carbocycles. The van der Waals surface area contributed by atoms with Gasteiger partial charge in [0.05, 0.1) is 32.8 Å². The van der Waals surface area contributed by atoms with Gasteiger partial charge in [-0.05, 0) is 50.5 Å². The van der Waals surface area contributed by atoms with Crippen LogP contribution in [0.15, 0.2) is 28.4 Å². The zero-order valence-corrected chi connectivity index (χ0v) is 21.0. The minimum absolute atomic E-state index is 0.0792. The molecule has 3 aliphatic rings. The van der Waals surface area contributed by atoms with E-state index in [1.54, 1.807) is 27.4 Å². The van der Waals surface area contributed by atoms with Gasteiger partial charge in [0.2, 0.25) is 5.75 Å². The van der Waals surface area contributed by atoms with E-state index in [1.807, 2.05) is 13.0 Å². The minimum Gasteiger partial charge on any atom is -0.493 e. The van der Waals surface area contributed by atoms with Crippen LogP contribution in [0.3, 0.4) is 0 Å². The van der Waals surface area contributed by atoms with Crippen LogP contribution in [-0.4, -0.2) is 44.9 Å². The van der Waals surface area contributed by atoms with E-state index in [0.29, 0.717) is 46.9 Å². The number of allylic oxidation sites excluding steroid dienone is 1. The number of ketones is 1. The molecule has 2 atom stereocenters. The molecule has 0 radical (unpaired) electrons. The Labute approximate surface area is 201 Å². The number of esters is 1. The van der Waals surface area contributed by atoms with Gasteiger partial charge in [0, 0.05) is 29.3 Å². The molecule has 2 unspecified atom stereocenters.